The van der Waals surface area contributed by atoms with E-state index in [4.69, 9.17) is 9.72 Å². The molecular formula is C16H22N2OS. The highest BCUT2D eigenvalue weighted by Crippen LogP contribution is 2.34. The third kappa shape index (κ3) is 3.03. The number of nitrogens with zero attached hydrogens (tertiary/aromatic N) is 1. The summed E-state index contributed by atoms with van der Waals surface area (Å²) < 4.78 is 6.96. The first-order valence-corrected chi connectivity index (χ1v) is 8.26. The Morgan fingerprint density at radius 1 is 1.40 bits per heavy atom. The third-order valence-corrected chi connectivity index (χ3v) is 5.01. The van der Waals surface area contributed by atoms with Crippen molar-refractivity contribution in [1.82, 2.24) is 10.3 Å². The molecule has 0 saturated carbocycles. The highest BCUT2D eigenvalue weighted by Gasteiger charge is 2.35. The van der Waals surface area contributed by atoms with E-state index in [1.54, 1.807) is 0 Å². The van der Waals surface area contributed by atoms with Crippen LogP contribution < -0.4 is 5.32 Å². The van der Waals surface area contributed by atoms with Gasteiger partial charge in [0.1, 0.15) is 0 Å². The Morgan fingerprint density at radius 2 is 2.30 bits per heavy atom. The first-order valence-electron chi connectivity index (χ1n) is 7.44. The number of thiazole rings is 1. The molecule has 1 N–H and O–H groups in total. The zero-order valence-electron chi connectivity index (χ0n) is 12.0. The molecule has 4 heteroatoms. The molecule has 0 bridgehead atoms. The molecule has 1 fully saturated rings. The molecule has 0 amide bonds. The van der Waals surface area contributed by atoms with E-state index in [0.717, 1.165) is 44.7 Å². The van der Waals surface area contributed by atoms with E-state index in [1.807, 2.05) is 11.3 Å². The van der Waals surface area contributed by atoms with E-state index in [9.17, 15) is 0 Å². The molecule has 20 heavy (non-hydrogen) atoms. The van der Waals surface area contributed by atoms with Gasteiger partial charge in [-0.1, -0.05) is 19.1 Å². The fraction of sp³-hybridized carbons (Fsp3) is 0.562. The topological polar surface area (TPSA) is 34.2 Å². The summed E-state index contributed by atoms with van der Waals surface area (Å²) in [6.45, 7) is 6.08. The molecule has 2 aromatic rings. The van der Waals surface area contributed by atoms with Crippen molar-refractivity contribution in [1.29, 1.82) is 0 Å². The Morgan fingerprint density at radius 3 is 3.05 bits per heavy atom. The molecule has 0 radical (unpaired) electrons. The monoisotopic (exact) mass is 290 g/mol. The summed E-state index contributed by atoms with van der Waals surface area (Å²) in [6, 6.07) is 8.40. The predicted octanol–water partition coefficient (Wildman–Crippen LogP) is 3.25. The van der Waals surface area contributed by atoms with Gasteiger partial charge in [0.2, 0.25) is 0 Å². The molecule has 1 aromatic carbocycles. The SMILES string of the molecule is CCCNCC1(Cc2nc3ccccc3s2)CCOC1. The molecule has 1 atom stereocenters. The van der Waals surface area contributed by atoms with Crippen molar-refractivity contribution in [3.8, 4) is 0 Å². The van der Waals surface area contributed by atoms with Gasteiger partial charge in [0.15, 0.2) is 0 Å². The Balaban J connectivity index is 1.75. The van der Waals surface area contributed by atoms with E-state index in [0.29, 0.717) is 0 Å². The molecular weight excluding hydrogens is 268 g/mol. The van der Waals surface area contributed by atoms with Crippen LogP contribution in [0, 0.1) is 5.41 Å². The van der Waals surface area contributed by atoms with Gasteiger partial charge in [-0.15, -0.1) is 11.3 Å². The molecule has 0 spiro atoms. The minimum Gasteiger partial charge on any atom is -0.381 e. The van der Waals surface area contributed by atoms with E-state index in [1.165, 1.54) is 16.1 Å². The Labute approximate surface area is 124 Å². The second kappa shape index (κ2) is 6.20. The van der Waals surface area contributed by atoms with Gasteiger partial charge >= 0.3 is 0 Å². The average molecular weight is 290 g/mol. The normalized spacial score (nSPS) is 22.6. The van der Waals surface area contributed by atoms with Gasteiger partial charge in [0.25, 0.3) is 0 Å². The summed E-state index contributed by atoms with van der Waals surface area (Å²) in [5.74, 6) is 0. The van der Waals surface area contributed by atoms with Crippen molar-refractivity contribution in [2.24, 2.45) is 5.41 Å². The minimum absolute atomic E-state index is 0.239. The van der Waals surface area contributed by atoms with E-state index in [-0.39, 0.29) is 5.41 Å². The van der Waals surface area contributed by atoms with Crippen molar-refractivity contribution in [2.45, 2.75) is 26.2 Å². The van der Waals surface area contributed by atoms with Crippen LogP contribution in [0.5, 0.6) is 0 Å². The number of rotatable bonds is 6. The van der Waals surface area contributed by atoms with Gasteiger partial charge in [-0.2, -0.15) is 0 Å². The minimum atomic E-state index is 0.239. The third-order valence-electron chi connectivity index (χ3n) is 3.98. The van der Waals surface area contributed by atoms with Crippen molar-refractivity contribution in [3.05, 3.63) is 29.3 Å². The van der Waals surface area contributed by atoms with Crippen molar-refractivity contribution in [3.63, 3.8) is 0 Å². The summed E-state index contributed by atoms with van der Waals surface area (Å²) in [5, 5.41) is 4.81. The maximum atomic E-state index is 5.67. The fourth-order valence-corrected chi connectivity index (χ4v) is 3.98. The second-order valence-electron chi connectivity index (χ2n) is 5.73. The van der Waals surface area contributed by atoms with Crippen LogP contribution in [-0.2, 0) is 11.2 Å². The Hall–Kier alpha value is -0.970. The summed E-state index contributed by atoms with van der Waals surface area (Å²) >= 11 is 1.83. The van der Waals surface area contributed by atoms with Gasteiger partial charge < -0.3 is 10.1 Å². The number of ether oxygens (including phenoxy) is 1. The number of hydrogen-bond acceptors (Lipinski definition) is 4. The molecule has 1 saturated heterocycles. The van der Waals surface area contributed by atoms with E-state index >= 15 is 0 Å². The van der Waals surface area contributed by atoms with E-state index in [2.05, 4.69) is 36.5 Å². The first kappa shape index (κ1) is 14.0. The number of nitrogens with one attached hydrogen (secondary N) is 1. The lowest BCUT2D eigenvalue weighted by Gasteiger charge is -2.26. The highest BCUT2D eigenvalue weighted by molar-refractivity contribution is 7.18. The summed E-state index contributed by atoms with van der Waals surface area (Å²) in [5.41, 5.74) is 1.37. The quantitative estimate of drug-likeness (QED) is 0.829. The van der Waals surface area contributed by atoms with Gasteiger partial charge in [0, 0.05) is 25.0 Å². The molecule has 0 aliphatic carbocycles. The van der Waals surface area contributed by atoms with Crippen LogP contribution in [0.1, 0.15) is 24.8 Å². The van der Waals surface area contributed by atoms with Gasteiger partial charge in [-0.05, 0) is 31.5 Å². The van der Waals surface area contributed by atoms with Crippen molar-refractivity contribution in [2.75, 3.05) is 26.3 Å². The van der Waals surface area contributed by atoms with Gasteiger partial charge in [-0.25, -0.2) is 4.98 Å². The first-order chi connectivity index (χ1) is 9.81. The molecule has 1 aliphatic rings. The van der Waals surface area contributed by atoms with Crippen LogP contribution in [0.15, 0.2) is 24.3 Å². The average Bonchev–Trinajstić information content (AvgIpc) is 3.06. The summed E-state index contributed by atoms with van der Waals surface area (Å²) in [4.78, 5) is 4.78. The highest BCUT2D eigenvalue weighted by atomic mass is 32.1. The Kier molecular flexibility index (Phi) is 4.34. The van der Waals surface area contributed by atoms with Crippen LogP contribution in [0.25, 0.3) is 10.2 Å². The van der Waals surface area contributed by atoms with Crippen molar-refractivity contribution < 1.29 is 4.74 Å². The number of fused-ring (bicyclic) bond motifs is 1. The maximum Gasteiger partial charge on any atom is 0.0945 e. The maximum absolute atomic E-state index is 5.67. The van der Waals surface area contributed by atoms with Crippen LogP contribution >= 0.6 is 11.3 Å². The fourth-order valence-electron chi connectivity index (χ4n) is 2.84. The van der Waals surface area contributed by atoms with Gasteiger partial charge in [0.05, 0.1) is 21.8 Å². The number of aromatic nitrogens is 1. The standard InChI is InChI=1S/C16H22N2OS/c1-2-8-17-11-16(7-9-19-12-16)10-15-18-13-5-3-4-6-14(13)20-15/h3-6,17H,2,7-12H2,1H3. The Bertz CT molecular complexity index is 527. The van der Waals surface area contributed by atoms with E-state index < -0.39 is 0 Å². The lowest BCUT2D eigenvalue weighted by atomic mass is 9.84. The van der Waals surface area contributed by atoms with Crippen LogP contribution in [0.2, 0.25) is 0 Å². The number of benzene rings is 1. The smallest absolute Gasteiger partial charge is 0.0945 e. The molecule has 1 aromatic heterocycles. The van der Waals surface area contributed by atoms with Crippen LogP contribution in [0.3, 0.4) is 0 Å². The molecule has 2 heterocycles. The number of para-hydroxylation sites is 1. The largest absolute Gasteiger partial charge is 0.381 e. The molecule has 108 valence electrons. The number of hydrogen-bond donors (Lipinski definition) is 1. The van der Waals surface area contributed by atoms with Crippen LogP contribution in [0.4, 0.5) is 0 Å². The second-order valence-corrected chi connectivity index (χ2v) is 6.85. The zero-order chi connectivity index (χ0) is 13.8. The molecule has 3 nitrogen and oxygen atoms in total. The lowest BCUT2D eigenvalue weighted by Crippen LogP contribution is -2.37. The van der Waals surface area contributed by atoms with Gasteiger partial charge in [-0.3, -0.25) is 0 Å². The van der Waals surface area contributed by atoms with Crippen LogP contribution in [-0.4, -0.2) is 31.3 Å². The zero-order valence-corrected chi connectivity index (χ0v) is 12.8. The molecule has 1 unspecified atom stereocenters. The molecule has 1 aliphatic heterocycles. The molecule has 3 rings (SSSR count). The van der Waals surface area contributed by atoms with Crippen molar-refractivity contribution >= 4 is 21.6 Å². The lowest BCUT2D eigenvalue weighted by molar-refractivity contribution is 0.149. The summed E-state index contributed by atoms with van der Waals surface area (Å²) in [6.07, 6.45) is 3.35. The summed E-state index contributed by atoms with van der Waals surface area (Å²) in [7, 11) is 0. The predicted molar refractivity (Wildman–Crippen MR) is 84.4 cm³/mol.